The fraction of sp³-hybridized carbons (Fsp3) is 0.125. The lowest BCUT2D eigenvalue weighted by atomic mass is 10.1. The number of hydrogen-bond donors (Lipinski definition) is 0. The van der Waals surface area contributed by atoms with E-state index in [2.05, 4.69) is 47.3 Å². The second-order valence-corrected chi connectivity index (χ2v) is 6.51. The van der Waals surface area contributed by atoms with Gasteiger partial charge in [-0.05, 0) is 12.2 Å². The molecule has 0 aromatic heterocycles. The zero-order valence-electron chi connectivity index (χ0n) is 10.7. The zero-order valence-corrected chi connectivity index (χ0v) is 12.4. The van der Waals surface area contributed by atoms with Crippen LogP contribution in [0.25, 0.3) is 0 Å². The van der Waals surface area contributed by atoms with Gasteiger partial charge in [0.05, 0.1) is 22.8 Å². The highest BCUT2D eigenvalue weighted by molar-refractivity contribution is 8.07. The second-order valence-electron chi connectivity index (χ2n) is 4.69. The molecule has 0 aromatic carbocycles. The van der Waals surface area contributed by atoms with Crippen LogP contribution in [0.2, 0.25) is 0 Å². The third-order valence-corrected chi connectivity index (χ3v) is 5.26. The van der Waals surface area contributed by atoms with E-state index in [9.17, 15) is 0 Å². The minimum Gasteiger partial charge on any atom is -0.249 e. The van der Waals surface area contributed by atoms with Crippen LogP contribution in [0.5, 0.6) is 0 Å². The Kier molecular flexibility index (Phi) is 3.13. The summed E-state index contributed by atoms with van der Waals surface area (Å²) in [5.41, 5.74) is 4.30. The molecule has 0 saturated heterocycles. The lowest BCUT2D eigenvalue weighted by Gasteiger charge is -2.20. The van der Waals surface area contributed by atoms with Gasteiger partial charge in [0.1, 0.15) is 0 Å². The number of aliphatic imine (C=N–C) groups is 2. The summed E-state index contributed by atoms with van der Waals surface area (Å²) in [4.78, 5) is 12.1. The van der Waals surface area contributed by atoms with E-state index in [1.807, 2.05) is 0 Å². The predicted molar refractivity (Wildman–Crippen MR) is 89.9 cm³/mol. The normalized spacial score (nSPS) is 23.6. The van der Waals surface area contributed by atoms with Gasteiger partial charge in [0.15, 0.2) is 0 Å². The van der Waals surface area contributed by atoms with Crippen LogP contribution in [-0.2, 0) is 0 Å². The molecular formula is C16H12N2S2. The van der Waals surface area contributed by atoms with Gasteiger partial charge >= 0.3 is 0 Å². The standard InChI is InChI=1S/C16H12N2S2/c1-3-7-15-11(5-1)17-13(9-19-15)14-10-20-16-8-4-2-6-12(16)18-14/h1-4,7-10H,5-6H2. The van der Waals surface area contributed by atoms with Crippen molar-refractivity contribution in [2.45, 2.75) is 12.8 Å². The van der Waals surface area contributed by atoms with Crippen molar-refractivity contribution in [1.29, 1.82) is 0 Å². The van der Waals surface area contributed by atoms with E-state index in [1.54, 1.807) is 23.5 Å². The highest BCUT2D eigenvalue weighted by atomic mass is 32.2. The monoisotopic (exact) mass is 296 g/mol. The van der Waals surface area contributed by atoms with Crippen LogP contribution in [0, 0.1) is 0 Å². The van der Waals surface area contributed by atoms with Crippen molar-refractivity contribution in [1.82, 2.24) is 0 Å². The summed E-state index contributed by atoms with van der Waals surface area (Å²) in [6.45, 7) is 0. The van der Waals surface area contributed by atoms with E-state index >= 15 is 0 Å². The van der Waals surface area contributed by atoms with Crippen molar-refractivity contribution in [2.75, 3.05) is 0 Å². The molecule has 2 heterocycles. The Morgan fingerprint density at radius 3 is 1.75 bits per heavy atom. The molecule has 0 bridgehead atoms. The van der Waals surface area contributed by atoms with Crippen LogP contribution in [-0.4, -0.2) is 11.4 Å². The van der Waals surface area contributed by atoms with Crippen LogP contribution in [0.1, 0.15) is 12.8 Å². The Morgan fingerprint density at radius 1 is 0.750 bits per heavy atom. The summed E-state index contributed by atoms with van der Waals surface area (Å²) in [5.74, 6) is 0. The van der Waals surface area contributed by atoms with Crippen molar-refractivity contribution in [3.63, 3.8) is 0 Å². The maximum atomic E-state index is 4.78. The molecule has 0 atom stereocenters. The molecule has 2 nitrogen and oxygen atoms in total. The van der Waals surface area contributed by atoms with E-state index in [0.717, 1.165) is 35.7 Å². The first-order valence-electron chi connectivity index (χ1n) is 6.54. The maximum absolute atomic E-state index is 4.78. The molecule has 0 amide bonds. The Balaban J connectivity index is 1.64. The predicted octanol–water partition coefficient (Wildman–Crippen LogP) is 4.73. The minimum atomic E-state index is 0.918. The lowest BCUT2D eigenvalue weighted by Crippen LogP contribution is -2.09. The Hall–Kier alpha value is -1.52. The van der Waals surface area contributed by atoms with Gasteiger partial charge in [-0.25, -0.2) is 9.98 Å². The summed E-state index contributed by atoms with van der Waals surface area (Å²) in [5, 5.41) is 4.22. The Morgan fingerprint density at radius 2 is 1.25 bits per heavy atom. The molecule has 98 valence electrons. The number of nitrogens with zero attached hydrogens (tertiary/aromatic N) is 2. The molecule has 0 unspecified atom stereocenters. The van der Waals surface area contributed by atoms with Crippen molar-refractivity contribution >= 4 is 34.9 Å². The summed E-state index contributed by atoms with van der Waals surface area (Å²) in [7, 11) is 0. The van der Waals surface area contributed by atoms with Gasteiger partial charge in [-0.1, -0.05) is 47.8 Å². The molecule has 0 spiro atoms. The van der Waals surface area contributed by atoms with Crippen molar-refractivity contribution < 1.29 is 0 Å². The topological polar surface area (TPSA) is 24.7 Å². The van der Waals surface area contributed by atoms with E-state index in [-0.39, 0.29) is 0 Å². The molecule has 4 aliphatic rings. The maximum Gasteiger partial charge on any atom is 0.0962 e. The molecule has 2 aliphatic carbocycles. The fourth-order valence-electron chi connectivity index (χ4n) is 2.30. The first-order chi connectivity index (χ1) is 9.90. The Labute approximate surface area is 126 Å². The van der Waals surface area contributed by atoms with Gasteiger partial charge in [0.2, 0.25) is 0 Å². The zero-order chi connectivity index (χ0) is 13.4. The summed E-state index contributed by atoms with van der Waals surface area (Å²) in [6, 6.07) is 0. The van der Waals surface area contributed by atoms with Crippen LogP contribution in [0.3, 0.4) is 0 Å². The first kappa shape index (κ1) is 12.2. The molecule has 20 heavy (non-hydrogen) atoms. The molecule has 0 saturated carbocycles. The van der Waals surface area contributed by atoms with E-state index in [4.69, 9.17) is 9.98 Å². The number of fused-ring (bicyclic) bond motifs is 2. The van der Waals surface area contributed by atoms with Crippen molar-refractivity contribution in [2.24, 2.45) is 9.98 Å². The lowest BCUT2D eigenvalue weighted by molar-refractivity contribution is 1.21. The molecule has 0 radical (unpaired) electrons. The van der Waals surface area contributed by atoms with Gasteiger partial charge < -0.3 is 0 Å². The average Bonchev–Trinajstić information content (AvgIpc) is 2.54. The van der Waals surface area contributed by atoms with E-state index < -0.39 is 0 Å². The molecular weight excluding hydrogens is 284 g/mol. The van der Waals surface area contributed by atoms with Gasteiger partial charge in [-0.3, -0.25) is 0 Å². The molecule has 4 heteroatoms. The van der Waals surface area contributed by atoms with Crippen molar-refractivity contribution in [3.05, 3.63) is 68.5 Å². The average molecular weight is 296 g/mol. The third kappa shape index (κ3) is 2.19. The quantitative estimate of drug-likeness (QED) is 0.698. The Bertz CT molecular complexity index is 651. The highest BCUT2D eigenvalue weighted by Gasteiger charge is 2.20. The largest absolute Gasteiger partial charge is 0.249 e. The summed E-state index contributed by atoms with van der Waals surface area (Å²) >= 11 is 3.49. The van der Waals surface area contributed by atoms with Crippen LogP contribution in [0.15, 0.2) is 78.5 Å². The second kappa shape index (κ2) is 5.11. The number of allylic oxidation sites excluding steroid dienone is 8. The number of hydrogen-bond acceptors (Lipinski definition) is 4. The van der Waals surface area contributed by atoms with E-state index in [1.165, 1.54) is 9.81 Å². The van der Waals surface area contributed by atoms with Crippen molar-refractivity contribution in [3.8, 4) is 0 Å². The molecule has 0 fully saturated rings. The fourth-order valence-corrected chi connectivity index (χ4v) is 3.97. The van der Waals surface area contributed by atoms with Gasteiger partial charge in [-0.15, -0.1) is 0 Å². The number of thioether (sulfide) groups is 2. The van der Waals surface area contributed by atoms with Gasteiger partial charge in [0.25, 0.3) is 0 Å². The van der Waals surface area contributed by atoms with E-state index in [0.29, 0.717) is 0 Å². The van der Waals surface area contributed by atoms with Crippen LogP contribution in [0.4, 0.5) is 0 Å². The highest BCUT2D eigenvalue weighted by Crippen LogP contribution is 2.37. The minimum absolute atomic E-state index is 0.918. The molecule has 0 N–H and O–H groups in total. The third-order valence-electron chi connectivity index (χ3n) is 3.33. The van der Waals surface area contributed by atoms with Gasteiger partial charge in [-0.2, -0.15) is 0 Å². The smallest absolute Gasteiger partial charge is 0.0962 e. The summed E-state index contributed by atoms with van der Waals surface area (Å²) in [6.07, 6.45) is 14.6. The SMILES string of the molecule is C1=CCC2=NC(C3=CSC4=CC=CCC4=N3)=CSC2=C1. The molecule has 2 aliphatic heterocycles. The summed E-state index contributed by atoms with van der Waals surface area (Å²) < 4.78 is 0. The van der Waals surface area contributed by atoms with Crippen LogP contribution < -0.4 is 0 Å². The van der Waals surface area contributed by atoms with Gasteiger partial charge in [0, 0.05) is 33.5 Å². The molecule has 4 rings (SSSR count). The number of rotatable bonds is 1. The first-order valence-corrected chi connectivity index (χ1v) is 8.30. The molecule has 0 aromatic rings. The van der Waals surface area contributed by atoms with Crippen LogP contribution >= 0.6 is 23.5 Å².